The molecule has 1 amide bonds. The predicted octanol–water partition coefficient (Wildman–Crippen LogP) is 4.78. The molecule has 0 aliphatic heterocycles. The second kappa shape index (κ2) is 8.03. The van der Waals surface area contributed by atoms with E-state index >= 15 is 0 Å². The van der Waals surface area contributed by atoms with E-state index in [-0.39, 0.29) is 11.9 Å². The summed E-state index contributed by atoms with van der Waals surface area (Å²) >= 11 is 1.49. The molecule has 4 aliphatic carbocycles. The highest BCUT2D eigenvalue weighted by atomic mass is 32.2. The first kappa shape index (κ1) is 20.1. The third kappa shape index (κ3) is 3.68. The molecule has 1 atom stereocenters. The molecule has 5 nitrogen and oxygen atoms in total. The van der Waals surface area contributed by atoms with Gasteiger partial charge in [0.1, 0.15) is 0 Å². The van der Waals surface area contributed by atoms with Crippen molar-refractivity contribution < 1.29 is 4.79 Å². The van der Waals surface area contributed by atoms with E-state index < -0.39 is 0 Å². The summed E-state index contributed by atoms with van der Waals surface area (Å²) in [4.78, 5) is 12.8. The number of benzene rings is 1. The molecule has 1 aromatic heterocycles. The lowest BCUT2D eigenvalue weighted by molar-refractivity contribution is -0.123. The highest BCUT2D eigenvalue weighted by Gasteiger charge is 2.53. The van der Waals surface area contributed by atoms with Gasteiger partial charge in [0.25, 0.3) is 0 Å². The van der Waals surface area contributed by atoms with Crippen molar-refractivity contribution in [2.24, 2.45) is 23.2 Å². The van der Waals surface area contributed by atoms with E-state index in [1.807, 2.05) is 30.3 Å². The molecule has 1 heterocycles. The van der Waals surface area contributed by atoms with E-state index in [4.69, 9.17) is 0 Å². The van der Waals surface area contributed by atoms with Crippen LogP contribution in [0.3, 0.4) is 0 Å². The number of hydrogen-bond acceptors (Lipinski definition) is 4. The summed E-state index contributed by atoms with van der Waals surface area (Å²) in [6.07, 6.45) is 8.26. The molecule has 4 fully saturated rings. The summed E-state index contributed by atoms with van der Waals surface area (Å²) in [5.74, 6) is 4.10. The Labute approximate surface area is 183 Å². The fourth-order valence-corrected chi connectivity index (χ4v) is 7.57. The van der Waals surface area contributed by atoms with Gasteiger partial charge in [-0.1, -0.05) is 42.1 Å². The van der Waals surface area contributed by atoms with Crippen LogP contribution in [0.2, 0.25) is 0 Å². The molecule has 0 spiro atoms. The lowest BCUT2D eigenvalue weighted by Crippen LogP contribution is -2.56. The summed E-state index contributed by atoms with van der Waals surface area (Å²) < 4.78 is 2.09. The Morgan fingerprint density at radius 3 is 2.37 bits per heavy atom. The van der Waals surface area contributed by atoms with Crippen LogP contribution in [0.1, 0.15) is 52.4 Å². The normalized spacial score (nSPS) is 30.4. The molecule has 4 saturated carbocycles. The second-order valence-corrected chi connectivity index (χ2v) is 10.7. The van der Waals surface area contributed by atoms with E-state index in [0.717, 1.165) is 40.8 Å². The quantitative estimate of drug-likeness (QED) is 0.650. The second-order valence-electron chi connectivity index (χ2n) is 9.77. The maximum atomic E-state index is 12.8. The van der Waals surface area contributed by atoms with Crippen molar-refractivity contribution in [1.82, 2.24) is 20.1 Å². The minimum Gasteiger partial charge on any atom is -0.352 e. The van der Waals surface area contributed by atoms with Crippen LogP contribution >= 0.6 is 11.8 Å². The van der Waals surface area contributed by atoms with E-state index in [0.29, 0.717) is 11.2 Å². The van der Waals surface area contributed by atoms with E-state index in [1.165, 1.54) is 50.3 Å². The van der Waals surface area contributed by atoms with Crippen molar-refractivity contribution in [3.8, 4) is 11.4 Å². The van der Waals surface area contributed by atoms with Gasteiger partial charge >= 0.3 is 0 Å². The molecular weight excluding hydrogens is 392 g/mol. The van der Waals surface area contributed by atoms with Crippen LogP contribution in [0.25, 0.3) is 11.4 Å². The Balaban J connectivity index is 1.21. The Morgan fingerprint density at radius 1 is 1.13 bits per heavy atom. The van der Waals surface area contributed by atoms with E-state index in [9.17, 15) is 4.79 Å². The molecule has 2 aromatic rings. The number of aromatic nitrogens is 3. The fraction of sp³-hybridized carbons (Fsp3) is 0.625. The van der Waals surface area contributed by atoms with Crippen molar-refractivity contribution in [3.63, 3.8) is 0 Å². The van der Waals surface area contributed by atoms with Gasteiger partial charge in [-0.3, -0.25) is 4.79 Å². The van der Waals surface area contributed by atoms with E-state index in [1.54, 1.807) is 0 Å². The summed E-state index contributed by atoms with van der Waals surface area (Å²) in [5, 5.41) is 12.9. The SMILES string of the molecule is CCn1c(SCC(=O)NC(C)C23CC4CC(CC(C4)C2)C3)nnc1-c1ccccc1. The van der Waals surface area contributed by atoms with Gasteiger partial charge in [0, 0.05) is 18.2 Å². The summed E-state index contributed by atoms with van der Waals surface area (Å²) in [6, 6.07) is 10.4. The molecule has 4 bridgehead atoms. The Kier molecular flexibility index (Phi) is 5.38. The molecule has 0 saturated heterocycles. The van der Waals surface area contributed by atoms with Crippen LogP contribution in [-0.2, 0) is 11.3 Å². The number of thioether (sulfide) groups is 1. The summed E-state index contributed by atoms with van der Waals surface area (Å²) in [5.41, 5.74) is 1.40. The third-order valence-electron chi connectivity index (χ3n) is 7.78. The molecule has 1 aromatic carbocycles. The van der Waals surface area contributed by atoms with E-state index in [2.05, 4.69) is 33.9 Å². The maximum absolute atomic E-state index is 12.8. The zero-order valence-electron chi connectivity index (χ0n) is 18.0. The van der Waals surface area contributed by atoms with Crippen LogP contribution in [0.5, 0.6) is 0 Å². The van der Waals surface area contributed by atoms with Gasteiger partial charge < -0.3 is 9.88 Å². The number of amides is 1. The molecule has 6 heteroatoms. The van der Waals surface area contributed by atoms with Gasteiger partial charge in [-0.2, -0.15) is 0 Å². The van der Waals surface area contributed by atoms with Gasteiger partial charge in [0.15, 0.2) is 11.0 Å². The fourth-order valence-electron chi connectivity index (χ4n) is 6.76. The zero-order chi connectivity index (χ0) is 20.7. The van der Waals surface area contributed by atoms with Crippen LogP contribution in [0.4, 0.5) is 0 Å². The van der Waals surface area contributed by atoms with Crippen LogP contribution in [0, 0.1) is 23.2 Å². The number of nitrogens with one attached hydrogen (secondary N) is 1. The Morgan fingerprint density at radius 2 is 1.77 bits per heavy atom. The molecule has 0 radical (unpaired) electrons. The monoisotopic (exact) mass is 424 g/mol. The molecule has 6 rings (SSSR count). The standard InChI is InChI=1S/C24H32N4OS/c1-3-28-22(20-7-5-4-6-8-20)26-27-23(28)30-15-21(29)25-16(2)24-12-17-9-18(13-24)11-19(10-17)14-24/h4-8,16-19H,3,9-15H2,1-2H3,(H,25,29). The molecule has 4 aliphatic rings. The Bertz CT molecular complexity index is 874. The zero-order valence-corrected chi connectivity index (χ0v) is 18.8. The van der Waals surface area contributed by atoms with Gasteiger partial charge in [0.2, 0.25) is 5.91 Å². The van der Waals surface area contributed by atoms with Gasteiger partial charge in [-0.15, -0.1) is 10.2 Å². The first-order chi connectivity index (χ1) is 14.6. The predicted molar refractivity (Wildman–Crippen MR) is 120 cm³/mol. The van der Waals surface area contributed by atoms with Crippen molar-refractivity contribution >= 4 is 17.7 Å². The molecule has 1 unspecified atom stereocenters. The van der Waals surface area contributed by atoms with Gasteiger partial charge in [-0.05, 0) is 75.5 Å². The minimum atomic E-state index is 0.121. The number of hydrogen-bond donors (Lipinski definition) is 1. The first-order valence-electron chi connectivity index (χ1n) is 11.5. The van der Waals surface area contributed by atoms with Gasteiger partial charge in [0.05, 0.1) is 5.75 Å². The number of rotatable bonds is 7. The highest BCUT2D eigenvalue weighted by molar-refractivity contribution is 7.99. The largest absolute Gasteiger partial charge is 0.352 e. The minimum absolute atomic E-state index is 0.121. The number of carbonyl (C=O) groups excluding carboxylic acids is 1. The number of carbonyl (C=O) groups is 1. The van der Waals surface area contributed by atoms with Crippen molar-refractivity contribution in [1.29, 1.82) is 0 Å². The molecule has 160 valence electrons. The lowest BCUT2D eigenvalue weighted by Gasteiger charge is -2.59. The molecule has 1 N–H and O–H groups in total. The lowest BCUT2D eigenvalue weighted by atomic mass is 9.48. The maximum Gasteiger partial charge on any atom is 0.230 e. The highest BCUT2D eigenvalue weighted by Crippen LogP contribution is 2.61. The number of nitrogens with zero attached hydrogens (tertiary/aromatic N) is 3. The smallest absolute Gasteiger partial charge is 0.230 e. The topological polar surface area (TPSA) is 59.8 Å². The average Bonchev–Trinajstić information content (AvgIpc) is 3.15. The van der Waals surface area contributed by atoms with Crippen LogP contribution in [0.15, 0.2) is 35.5 Å². The van der Waals surface area contributed by atoms with Gasteiger partial charge in [-0.25, -0.2) is 0 Å². The van der Waals surface area contributed by atoms with Crippen LogP contribution in [-0.4, -0.2) is 32.5 Å². The van der Waals surface area contributed by atoms with Crippen LogP contribution < -0.4 is 5.32 Å². The first-order valence-corrected chi connectivity index (χ1v) is 12.5. The summed E-state index contributed by atoms with van der Waals surface area (Å²) in [7, 11) is 0. The van der Waals surface area contributed by atoms with Crippen molar-refractivity contribution in [3.05, 3.63) is 30.3 Å². The molecular formula is C24H32N4OS. The van der Waals surface area contributed by atoms with Crippen molar-refractivity contribution in [2.75, 3.05) is 5.75 Å². The third-order valence-corrected chi connectivity index (χ3v) is 8.75. The Hall–Kier alpha value is -1.82. The summed E-state index contributed by atoms with van der Waals surface area (Å²) in [6.45, 7) is 5.12. The van der Waals surface area contributed by atoms with Crippen molar-refractivity contribution in [2.45, 2.75) is 70.1 Å². The average molecular weight is 425 g/mol. The molecule has 30 heavy (non-hydrogen) atoms.